The van der Waals surface area contributed by atoms with Crippen molar-refractivity contribution in [3.8, 4) is 0 Å². The number of hydrogen-bond acceptors (Lipinski definition) is 3. The summed E-state index contributed by atoms with van der Waals surface area (Å²) in [5, 5.41) is 6.55. The minimum Gasteiger partial charge on any atom is -0.350 e. The second kappa shape index (κ2) is 5.10. The molecule has 1 aromatic rings. The predicted octanol–water partition coefficient (Wildman–Crippen LogP) is 0.947. The Labute approximate surface area is 107 Å². The number of amides is 1. The molecule has 2 atom stereocenters. The van der Waals surface area contributed by atoms with E-state index in [0.29, 0.717) is 31.0 Å². The van der Waals surface area contributed by atoms with Gasteiger partial charge in [-0.1, -0.05) is 0 Å². The Morgan fingerprint density at radius 3 is 2.83 bits per heavy atom. The van der Waals surface area contributed by atoms with E-state index in [9.17, 15) is 4.79 Å². The molecule has 5 nitrogen and oxygen atoms in total. The number of rotatable bonds is 4. The first-order chi connectivity index (χ1) is 8.79. The zero-order valence-corrected chi connectivity index (χ0v) is 10.5. The van der Waals surface area contributed by atoms with Gasteiger partial charge in [-0.3, -0.25) is 4.79 Å². The average molecular weight is 248 g/mol. The van der Waals surface area contributed by atoms with Crippen molar-refractivity contribution in [1.29, 1.82) is 0 Å². The van der Waals surface area contributed by atoms with Crippen LogP contribution in [0.25, 0.3) is 0 Å². The van der Waals surface area contributed by atoms with Crippen LogP contribution in [-0.4, -0.2) is 28.0 Å². The largest absolute Gasteiger partial charge is 0.350 e. The van der Waals surface area contributed by atoms with Gasteiger partial charge in [0.05, 0.1) is 18.6 Å². The van der Waals surface area contributed by atoms with Crippen LogP contribution >= 0.6 is 0 Å². The highest BCUT2D eigenvalue weighted by Crippen LogP contribution is 2.32. The zero-order chi connectivity index (χ0) is 12.4. The molecule has 5 heteroatoms. The molecular formula is C13H20N4O. The highest BCUT2D eigenvalue weighted by molar-refractivity contribution is 5.76. The van der Waals surface area contributed by atoms with E-state index in [1.807, 2.05) is 0 Å². The van der Waals surface area contributed by atoms with E-state index in [2.05, 4.69) is 20.6 Å². The normalized spacial score (nSPS) is 30.3. The van der Waals surface area contributed by atoms with E-state index in [1.54, 1.807) is 12.5 Å². The van der Waals surface area contributed by atoms with Gasteiger partial charge in [0, 0.05) is 24.7 Å². The van der Waals surface area contributed by atoms with E-state index in [0.717, 1.165) is 18.5 Å². The summed E-state index contributed by atoms with van der Waals surface area (Å²) in [6.45, 7) is 0.552. The number of carbonyl (C=O) groups is 1. The van der Waals surface area contributed by atoms with Crippen LogP contribution < -0.4 is 10.6 Å². The van der Waals surface area contributed by atoms with E-state index in [4.69, 9.17) is 0 Å². The van der Waals surface area contributed by atoms with E-state index < -0.39 is 0 Å². The molecule has 2 aliphatic heterocycles. The molecule has 3 N–H and O–H groups in total. The second-order valence-corrected chi connectivity index (χ2v) is 5.53. The number of nitrogens with zero attached hydrogens (tertiary/aromatic N) is 1. The van der Waals surface area contributed by atoms with Crippen molar-refractivity contribution in [2.45, 2.75) is 50.7 Å². The number of aromatic nitrogens is 2. The molecular weight excluding hydrogens is 228 g/mol. The Kier molecular flexibility index (Phi) is 3.32. The molecule has 18 heavy (non-hydrogen) atoms. The molecule has 0 aromatic carbocycles. The summed E-state index contributed by atoms with van der Waals surface area (Å²) in [7, 11) is 0. The molecule has 1 amide bonds. The molecule has 2 aliphatic rings. The smallest absolute Gasteiger partial charge is 0.220 e. The summed E-state index contributed by atoms with van der Waals surface area (Å²) in [5.41, 5.74) is 0.953. The van der Waals surface area contributed by atoms with Crippen LogP contribution in [0.4, 0.5) is 0 Å². The maximum atomic E-state index is 11.9. The van der Waals surface area contributed by atoms with Crippen molar-refractivity contribution in [3.05, 3.63) is 18.2 Å². The van der Waals surface area contributed by atoms with Crippen molar-refractivity contribution >= 4 is 5.91 Å². The first-order valence-corrected chi connectivity index (χ1v) is 6.79. The fourth-order valence-corrected chi connectivity index (χ4v) is 3.25. The van der Waals surface area contributed by atoms with Crippen molar-refractivity contribution < 1.29 is 4.79 Å². The lowest BCUT2D eigenvalue weighted by atomic mass is 9.89. The van der Waals surface area contributed by atoms with Gasteiger partial charge in [-0.2, -0.15) is 0 Å². The third kappa shape index (κ3) is 2.72. The van der Waals surface area contributed by atoms with Crippen molar-refractivity contribution in [3.63, 3.8) is 0 Å². The van der Waals surface area contributed by atoms with Crippen LogP contribution in [0, 0.1) is 5.92 Å². The van der Waals surface area contributed by atoms with Gasteiger partial charge in [0.25, 0.3) is 0 Å². The van der Waals surface area contributed by atoms with Crippen LogP contribution in [0.1, 0.15) is 37.8 Å². The molecule has 0 aliphatic carbocycles. The number of fused-ring (bicyclic) bond motifs is 2. The van der Waals surface area contributed by atoms with Crippen LogP contribution in [-0.2, 0) is 11.3 Å². The fraction of sp³-hybridized carbons (Fsp3) is 0.692. The summed E-state index contributed by atoms with van der Waals surface area (Å²) in [6.07, 6.45) is 8.94. The van der Waals surface area contributed by atoms with E-state index >= 15 is 0 Å². The van der Waals surface area contributed by atoms with Gasteiger partial charge in [-0.25, -0.2) is 4.98 Å². The maximum Gasteiger partial charge on any atom is 0.220 e. The van der Waals surface area contributed by atoms with Crippen LogP contribution in [0.2, 0.25) is 0 Å². The molecule has 0 saturated carbocycles. The molecule has 2 unspecified atom stereocenters. The Morgan fingerprint density at radius 2 is 2.17 bits per heavy atom. The van der Waals surface area contributed by atoms with Crippen LogP contribution in [0.15, 0.2) is 12.5 Å². The Balaban J connectivity index is 1.43. The van der Waals surface area contributed by atoms with Crippen molar-refractivity contribution in [1.82, 2.24) is 20.6 Å². The lowest BCUT2D eigenvalue weighted by Gasteiger charge is -2.28. The second-order valence-electron chi connectivity index (χ2n) is 5.53. The third-order valence-corrected chi connectivity index (χ3v) is 4.08. The Bertz CT molecular complexity index is 391. The summed E-state index contributed by atoms with van der Waals surface area (Å²) >= 11 is 0. The summed E-state index contributed by atoms with van der Waals surface area (Å²) in [6, 6.07) is 1.32. The molecule has 0 radical (unpaired) electrons. The minimum atomic E-state index is 0.163. The van der Waals surface area contributed by atoms with Crippen molar-refractivity contribution in [2.24, 2.45) is 5.92 Å². The molecule has 98 valence electrons. The Morgan fingerprint density at radius 1 is 1.39 bits per heavy atom. The van der Waals surface area contributed by atoms with Crippen LogP contribution in [0.3, 0.4) is 0 Å². The Hall–Kier alpha value is -1.36. The minimum absolute atomic E-state index is 0.163. The number of hydrogen-bond donors (Lipinski definition) is 3. The predicted molar refractivity (Wildman–Crippen MR) is 67.7 cm³/mol. The highest BCUT2D eigenvalue weighted by atomic mass is 16.1. The highest BCUT2D eigenvalue weighted by Gasteiger charge is 2.34. The average Bonchev–Trinajstić information content (AvgIpc) is 2.97. The molecule has 2 fully saturated rings. The van der Waals surface area contributed by atoms with Crippen LogP contribution in [0.5, 0.6) is 0 Å². The number of nitrogens with one attached hydrogen (secondary N) is 3. The molecule has 0 spiro atoms. The standard InChI is InChI=1S/C13H20N4O/c18-13(15-7-12-6-14-8-16-12)5-9-3-10-1-2-11(4-9)17-10/h6,8-11,17H,1-5,7H2,(H,14,16)(H,15,18). The molecule has 3 rings (SSSR count). The number of carbonyl (C=O) groups excluding carboxylic acids is 1. The number of aromatic amines is 1. The molecule has 2 saturated heterocycles. The van der Waals surface area contributed by atoms with Gasteiger partial charge < -0.3 is 15.6 Å². The lowest BCUT2D eigenvalue weighted by Crippen LogP contribution is -2.39. The lowest BCUT2D eigenvalue weighted by molar-refractivity contribution is -0.122. The van der Waals surface area contributed by atoms with Gasteiger partial charge in [-0.15, -0.1) is 0 Å². The molecule has 2 bridgehead atoms. The van der Waals surface area contributed by atoms with Gasteiger partial charge >= 0.3 is 0 Å². The topological polar surface area (TPSA) is 69.8 Å². The molecule has 3 heterocycles. The quantitative estimate of drug-likeness (QED) is 0.743. The molecule has 1 aromatic heterocycles. The zero-order valence-electron chi connectivity index (χ0n) is 10.5. The first-order valence-electron chi connectivity index (χ1n) is 6.79. The number of H-pyrrole nitrogens is 1. The number of imidazole rings is 1. The summed E-state index contributed by atoms with van der Waals surface area (Å²) in [4.78, 5) is 18.8. The fourth-order valence-electron chi connectivity index (χ4n) is 3.25. The first kappa shape index (κ1) is 11.7. The third-order valence-electron chi connectivity index (χ3n) is 4.08. The van der Waals surface area contributed by atoms with Gasteiger partial charge in [0.15, 0.2) is 0 Å². The monoisotopic (exact) mass is 248 g/mol. The summed E-state index contributed by atoms with van der Waals surface area (Å²) in [5.74, 6) is 0.724. The van der Waals surface area contributed by atoms with Crippen molar-refractivity contribution in [2.75, 3.05) is 0 Å². The summed E-state index contributed by atoms with van der Waals surface area (Å²) < 4.78 is 0. The van der Waals surface area contributed by atoms with Gasteiger partial charge in [0.1, 0.15) is 0 Å². The van der Waals surface area contributed by atoms with Gasteiger partial charge in [0.2, 0.25) is 5.91 Å². The van der Waals surface area contributed by atoms with Gasteiger partial charge in [-0.05, 0) is 31.6 Å². The van der Waals surface area contributed by atoms with E-state index in [-0.39, 0.29) is 5.91 Å². The SMILES string of the molecule is O=C(CC1CC2CCC(C1)N2)NCc1cnc[nH]1. The maximum absolute atomic E-state index is 11.9. The number of piperidine rings is 1. The van der Waals surface area contributed by atoms with E-state index in [1.165, 1.54) is 12.8 Å².